The van der Waals surface area contributed by atoms with Gasteiger partial charge in [0.2, 0.25) is 5.91 Å². The molecule has 4 N–H and O–H groups in total. The first-order chi connectivity index (χ1) is 9.08. The Morgan fingerprint density at radius 1 is 1.32 bits per heavy atom. The predicted octanol–water partition coefficient (Wildman–Crippen LogP) is 0.320. The maximum Gasteiger partial charge on any atom is 0.234 e. The molecule has 2 rings (SSSR count). The van der Waals surface area contributed by atoms with Crippen molar-refractivity contribution in [3.05, 3.63) is 0 Å². The highest BCUT2D eigenvalue weighted by molar-refractivity contribution is 7.85. The van der Waals surface area contributed by atoms with Crippen molar-refractivity contribution in [1.29, 1.82) is 0 Å². The summed E-state index contributed by atoms with van der Waals surface area (Å²) in [6.07, 6.45) is 4.58. The molecule has 108 valence electrons. The van der Waals surface area contributed by atoms with Gasteiger partial charge in [-0.1, -0.05) is 18.0 Å². The zero-order valence-electron chi connectivity index (χ0n) is 10.9. The predicted molar refractivity (Wildman–Crippen MR) is 73.4 cm³/mol. The standard InChI is InChI=1S/C12H21N3O3S/c13-10(15-17)12(5-1-2-6-12)11(16)14-9-3-7-19(18)8-4-9/h9,17H,1-8H2,(H2,13,15)(H,14,16). The summed E-state index contributed by atoms with van der Waals surface area (Å²) < 4.78 is 11.3. The maximum atomic E-state index is 12.5. The topological polar surface area (TPSA) is 105 Å². The molecular weight excluding hydrogens is 266 g/mol. The molecule has 0 spiro atoms. The van der Waals surface area contributed by atoms with Crippen LogP contribution in [0.1, 0.15) is 38.5 Å². The molecule has 0 radical (unpaired) electrons. The quantitative estimate of drug-likeness (QED) is 0.301. The largest absolute Gasteiger partial charge is 0.409 e. The minimum absolute atomic E-state index is 0.0156. The monoisotopic (exact) mass is 287 g/mol. The summed E-state index contributed by atoms with van der Waals surface area (Å²) in [5.41, 5.74) is 4.89. The summed E-state index contributed by atoms with van der Waals surface area (Å²) in [7, 11) is -0.738. The summed E-state index contributed by atoms with van der Waals surface area (Å²) in [5.74, 6) is 1.16. The first-order valence-electron chi connectivity index (χ1n) is 6.72. The van der Waals surface area contributed by atoms with Crippen LogP contribution in [0.15, 0.2) is 5.16 Å². The van der Waals surface area contributed by atoms with E-state index in [4.69, 9.17) is 10.9 Å². The highest BCUT2D eigenvalue weighted by atomic mass is 32.2. The van der Waals surface area contributed by atoms with Crippen molar-refractivity contribution in [1.82, 2.24) is 5.32 Å². The van der Waals surface area contributed by atoms with Crippen LogP contribution < -0.4 is 11.1 Å². The summed E-state index contributed by atoms with van der Waals surface area (Å²) in [6.45, 7) is 0. The molecule has 1 aliphatic carbocycles. The van der Waals surface area contributed by atoms with Gasteiger partial charge in [-0.15, -0.1) is 0 Å². The molecule has 1 heterocycles. The van der Waals surface area contributed by atoms with Gasteiger partial charge in [0, 0.05) is 28.3 Å². The summed E-state index contributed by atoms with van der Waals surface area (Å²) in [5, 5.41) is 14.9. The number of rotatable bonds is 3. The van der Waals surface area contributed by atoms with Gasteiger partial charge < -0.3 is 16.3 Å². The Morgan fingerprint density at radius 3 is 2.42 bits per heavy atom. The fraction of sp³-hybridized carbons (Fsp3) is 0.833. The van der Waals surface area contributed by atoms with E-state index >= 15 is 0 Å². The number of amidine groups is 1. The molecule has 1 saturated heterocycles. The van der Waals surface area contributed by atoms with Crippen molar-refractivity contribution in [2.24, 2.45) is 16.3 Å². The molecule has 1 aliphatic heterocycles. The Bertz CT molecular complexity index is 395. The highest BCUT2D eigenvalue weighted by Gasteiger charge is 2.46. The van der Waals surface area contributed by atoms with Gasteiger partial charge in [0.1, 0.15) is 5.41 Å². The molecule has 7 heteroatoms. The third kappa shape index (κ3) is 2.91. The number of carbonyl (C=O) groups is 1. The van der Waals surface area contributed by atoms with Crippen LogP contribution in [-0.4, -0.2) is 38.7 Å². The molecule has 1 saturated carbocycles. The average Bonchev–Trinajstić information content (AvgIpc) is 2.91. The number of nitrogens with one attached hydrogen (secondary N) is 1. The van der Waals surface area contributed by atoms with Gasteiger partial charge in [0.05, 0.1) is 0 Å². The molecule has 2 aliphatic rings. The minimum Gasteiger partial charge on any atom is -0.409 e. The zero-order chi connectivity index (χ0) is 13.9. The lowest BCUT2D eigenvalue weighted by molar-refractivity contribution is -0.128. The molecule has 0 aromatic carbocycles. The molecule has 0 unspecified atom stereocenters. The van der Waals surface area contributed by atoms with E-state index in [-0.39, 0.29) is 17.8 Å². The molecule has 0 bridgehead atoms. The molecule has 19 heavy (non-hydrogen) atoms. The maximum absolute atomic E-state index is 12.5. The number of nitrogens with two attached hydrogens (primary N) is 1. The normalized spacial score (nSPS) is 31.1. The van der Waals surface area contributed by atoms with Gasteiger partial charge >= 0.3 is 0 Å². The Balaban J connectivity index is 2.02. The van der Waals surface area contributed by atoms with E-state index in [9.17, 15) is 9.00 Å². The van der Waals surface area contributed by atoms with Crippen molar-refractivity contribution < 1.29 is 14.2 Å². The molecular formula is C12H21N3O3S. The second-order valence-electron chi connectivity index (χ2n) is 5.37. The van der Waals surface area contributed by atoms with E-state index in [1.54, 1.807) is 0 Å². The van der Waals surface area contributed by atoms with E-state index < -0.39 is 16.2 Å². The van der Waals surface area contributed by atoms with Crippen LogP contribution in [0.4, 0.5) is 0 Å². The Morgan fingerprint density at radius 2 is 1.89 bits per heavy atom. The van der Waals surface area contributed by atoms with Crippen LogP contribution in [0.5, 0.6) is 0 Å². The molecule has 1 amide bonds. The molecule has 6 nitrogen and oxygen atoms in total. The van der Waals surface area contributed by atoms with E-state index in [0.717, 1.165) is 25.7 Å². The molecule has 2 fully saturated rings. The zero-order valence-corrected chi connectivity index (χ0v) is 11.7. The third-order valence-corrected chi connectivity index (χ3v) is 5.60. The highest BCUT2D eigenvalue weighted by Crippen LogP contribution is 2.38. The number of hydrogen-bond donors (Lipinski definition) is 3. The van der Waals surface area contributed by atoms with Gasteiger partial charge in [-0.2, -0.15) is 0 Å². The summed E-state index contributed by atoms with van der Waals surface area (Å²) in [4.78, 5) is 12.5. The van der Waals surface area contributed by atoms with Crippen molar-refractivity contribution in [2.75, 3.05) is 11.5 Å². The molecule has 0 aromatic rings. The first kappa shape index (κ1) is 14.3. The van der Waals surface area contributed by atoms with E-state index in [0.29, 0.717) is 24.3 Å². The molecule has 0 aromatic heterocycles. The fourth-order valence-electron chi connectivity index (χ4n) is 2.94. The smallest absolute Gasteiger partial charge is 0.234 e. The number of hydrogen-bond acceptors (Lipinski definition) is 4. The van der Waals surface area contributed by atoms with Gasteiger partial charge in [-0.25, -0.2) is 0 Å². The minimum atomic E-state index is -0.842. The van der Waals surface area contributed by atoms with E-state index in [1.807, 2.05) is 0 Å². The van der Waals surface area contributed by atoms with Crippen LogP contribution in [0.3, 0.4) is 0 Å². The number of nitrogens with zero attached hydrogens (tertiary/aromatic N) is 1. The van der Waals surface area contributed by atoms with Crippen molar-refractivity contribution in [3.63, 3.8) is 0 Å². The lowest BCUT2D eigenvalue weighted by Crippen LogP contribution is -2.52. The van der Waals surface area contributed by atoms with Crippen LogP contribution >= 0.6 is 0 Å². The van der Waals surface area contributed by atoms with Crippen molar-refractivity contribution in [3.8, 4) is 0 Å². The van der Waals surface area contributed by atoms with Gasteiger partial charge in [-0.3, -0.25) is 9.00 Å². The van der Waals surface area contributed by atoms with Crippen molar-refractivity contribution in [2.45, 2.75) is 44.6 Å². The fourth-order valence-corrected chi connectivity index (χ4v) is 4.23. The second-order valence-corrected chi connectivity index (χ2v) is 7.07. The summed E-state index contributed by atoms with van der Waals surface area (Å²) >= 11 is 0. The average molecular weight is 287 g/mol. The Labute approximate surface area is 115 Å². The van der Waals surface area contributed by atoms with Gasteiger partial charge in [-0.05, 0) is 25.7 Å². The lowest BCUT2D eigenvalue weighted by atomic mass is 9.83. The SMILES string of the molecule is NC(=NO)C1(C(=O)NC2CCS(=O)CC2)CCCC1. The number of carbonyl (C=O) groups excluding carboxylic acids is 1. The number of amides is 1. The van der Waals surface area contributed by atoms with E-state index in [1.165, 1.54) is 0 Å². The lowest BCUT2D eigenvalue weighted by Gasteiger charge is -2.30. The van der Waals surface area contributed by atoms with Gasteiger partial charge in [0.15, 0.2) is 5.84 Å². The van der Waals surface area contributed by atoms with Gasteiger partial charge in [0.25, 0.3) is 0 Å². The van der Waals surface area contributed by atoms with Crippen molar-refractivity contribution >= 4 is 22.5 Å². The number of oxime groups is 1. The van der Waals surface area contributed by atoms with Crippen LogP contribution in [0.2, 0.25) is 0 Å². The van der Waals surface area contributed by atoms with Crippen LogP contribution in [-0.2, 0) is 15.6 Å². The third-order valence-electron chi connectivity index (χ3n) is 4.21. The second kappa shape index (κ2) is 5.90. The van der Waals surface area contributed by atoms with E-state index in [2.05, 4.69) is 10.5 Å². The molecule has 0 atom stereocenters. The Hall–Kier alpha value is -1.11. The first-order valence-corrected chi connectivity index (χ1v) is 8.21. The van der Waals surface area contributed by atoms with Crippen LogP contribution in [0, 0.1) is 5.41 Å². The summed E-state index contributed by atoms with van der Waals surface area (Å²) in [6, 6.07) is 0.0640. The van der Waals surface area contributed by atoms with Crippen LogP contribution in [0.25, 0.3) is 0 Å². The Kier molecular flexibility index (Phi) is 4.44.